The summed E-state index contributed by atoms with van der Waals surface area (Å²) in [5, 5.41) is 3.43. The molecule has 0 fully saturated rings. The van der Waals surface area contributed by atoms with Gasteiger partial charge in [0, 0.05) is 6.07 Å². The molecule has 72 valence electrons. The van der Waals surface area contributed by atoms with Gasteiger partial charge in [-0.2, -0.15) is 0 Å². The first kappa shape index (κ1) is 9.57. The maximum atomic E-state index is 11.3. The smallest absolute Gasteiger partial charge is 0.361 e. The van der Waals surface area contributed by atoms with Crippen LogP contribution in [0.15, 0.2) is 10.6 Å². The van der Waals surface area contributed by atoms with E-state index in [1.807, 2.05) is 0 Å². The second kappa shape index (κ2) is 3.08. The van der Waals surface area contributed by atoms with Gasteiger partial charge in [0.15, 0.2) is 5.69 Å². The SMILES string of the molecule is CC(C)(C)OC(=O)c1cc(N)on1. The fourth-order valence-corrected chi connectivity index (χ4v) is 0.716. The van der Waals surface area contributed by atoms with Crippen LogP contribution in [0, 0.1) is 0 Å². The third-order valence-electron chi connectivity index (χ3n) is 1.14. The largest absolute Gasteiger partial charge is 0.455 e. The van der Waals surface area contributed by atoms with E-state index < -0.39 is 11.6 Å². The zero-order chi connectivity index (χ0) is 10.1. The van der Waals surface area contributed by atoms with E-state index in [4.69, 9.17) is 10.5 Å². The van der Waals surface area contributed by atoms with E-state index in [1.54, 1.807) is 20.8 Å². The van der Waals surface area contributed by atoms with Crippen molar-refractivity contribution in [3.05, 3.63) is 11.8 Å². The van der Waals surface area contributed by atoms with Gasteiger partial charge in [-0.15, -0.1) is 0 Å². The zero-order valence-electron chi connectivity index (χ0n) is 7.83. The van der Waals surface area contributed by atoms with Crippen molar-refractivity contribution in [3.8, 4) is 0 Å². The molecule has 0 unspecified atom stereocenters. The van der Waals surface area contributed by atoms with Crippen LogP contribution >= 0.6 is 0 Å². The molecule has 2 N–H and O–H groups in total. The monoisotopic (exact) mass is 184 g/mol. The number of anilines is 1. The van der Waals surface area contributed by atoms with E-state index in [9.17, 15) is 4.79 Å². The summed E-state index contributed by atoms with van der Waals surface area (Å²) in [6, 6.07) is 1.33. The summed E-state index contributed by atoms with van der Waals surface area (Å²) < 4.78 is 9.55. The maximum Gasteiger partial charge on any atom is 0.361 e. The molecule has 0 amide bonds. The molecule has 0 aromatic carbocycles. The fourth-order valence-electron chi connectivity index (χ4n) is 0.716. The molecule has 1 heterocycles. The van der Waals surface area contributed by atoms with Crippen molar-refractivity contribution in [2.24, 2.45) is 0 Å². The molecule has 0 aliphatic carbocycles. The molecule has 1 rings (SSSR count). The van der Waals surface area contributed by atoms with Crippen LogP contribution in [-0.2, 0) is 4.74 Å². The van der Waals surface area contributed by atoms with Gasteiger partial charge in [-0.25, -0.2) is 4.79 Å². The van der Waals surface area contributed by atoms with E-state index >= 15 is 0 Å². The number of nitrogen functional groups attached to an aromatic ring is 1. The van der Waals surface area contributed by atoms with Gasteiger partial charge in [0.25, 0.3) is 0 Å². The van der Waals surface area contributed by atoms with Crippen LogP contribution in [0.4, 0.5) is 5.88 Å². The number of aromatic nitrogens is 1. The highest BCUT2D eigenvalue weighted by Gasteiger charge is 2.20. The predicted molar refractivity (Wildman–Crippen MR) is 46.1 cm³/mol. The molecule has 0 radical (unpaired) electrons. The Morgan fingerprint density at radius 2 is 2.23 bits per heavy atom. The fraction of sp³-hybridized carbons (Fsp3) is 0.500. The molecular formula is C8H12N2O3. The van der Waals surface area contributed by atoms with E-state index in [1.165, 1.54) is 6.07 Å². The lowest BCUT2D eigenvalue weighted by molar-refractivity contribution is 0.00589. The minimum Gasteiger partial charge on any atom is -0.455 e. The molecule has 0 spiro atoms. The Hall–Kier alpha value is -1.52. The summed E-state index contributed by atoms with van der Waals surface area (Å²) in [5.41, 5.74) is 4.80. The molecule has 0 saturated carbocycles. The summed E-state index contributed by atoms with van der Waals surface area (Å²) in [6.07, 6.45) is 0. The van der Waals surface area contributed by atoms with Crippen LogP contribution < -0.4 is 5.73 Å². The lowest BCUT2D eigenvalue weighted by Crippen LogP contribution is -2.24. The summed E-state index contributed by atoms with van der Waals surface area (Å²) in [7, 11) is 0. The summed E-state index contributed by atoms with van der Waals surface area (Å²) >= 11 is 0. The molecule has 0 saturated heterocycles. The molecule has 0 bridgehead atoms. The molecule has 0 aliphatic heterocycles. The van der Waals surface area contributed by atoms with Crippen molar-refractivity contribution < 1.29 is 14.1 Å². The van der Waals surface area contributed by atoms with Gasteiger partial charge in [-0.3, -0.25) is 0 Å². The first-order valence-corrected chi connectivity index (χ1v) is 3.84. The highest BCUT2D eigenvalue weighted by Crippen LogP contribution is 2.12. The highest BCUT2D eigenvalue weighted by atomic mass is 16.6. The second-order valence-corrected chi connectivity index (χ2v) is 3.62. The third kappa shape index (κ3) is 2.77. The molecular weight excluding hydrogens is 172 g/mol. The van der Waals surface area contributed by atoms with Crippen molar-refractivity contribution >= 4 is 11.9 Å². The molecule has 0 atom stereocenters. The molecule has 13 heavy (non-hydrogen) atoms. The van der Waals surface area contributed by atoms with Crippen molar-refractivity contribution in [2.75, 3.05) is 5.73 Å². The van der Waals surface area contributed by atoms with E-state index in [0.29, 0.717) is 0 Å². The Morgan fingerprint density at radius 3 is 2.62 bits per heavy atom. The number of carbonyl (C=O) groups excluding carboxylic acids is 1. The van der Waals surface area contributed by atoms with Gasteiger partial charge >= 0.3 is 5.97 Å². The Labute approximate surface area is 75.8 Å². The minimum absolute atomic E-state index is 0.0902. The summed E-state index contributed by atoms with van der Waals surface area (Å²) in [6.45, 7) is 5.32. The van der Waals surface area contributed by atoms with Crippen LogP contribution in [0.1, 0.15) is 31.3 Å². The van der Waals surface area contributed by atoms with Crippen molar-refractivity contribution in [1.82, 2.24) is 5.16 Å². The van der Waals surface area contributed by atoms with Gasteiger partial charge in [0.05, 0.1) is 0 Å². The topological polar surface area (TPSA) is 78.4 Å². The van der Waals surface area contributed by atoms with Crippen molar-refractivity contribution in [2.45, 2.75) is 26.4 Å². The summed E-state index contributed by atoms with van der Waals surface area (Å²) in [5.74, 6) is -0.436. The molecule has 5 heteroatoms. The zero-order valence-corrected chi connectivity index (χ0v) is 7.83. The Morgan fingerprint density at radius 1 is 1.62 bits per heavy atom. The quantitative estimate of drug-likeness (QED) is 0.663. The van der Waals surface area contributed by atoms with Crippen LogP contribution in [0.25, 0.3) is 0 Å². The number of nitrogens with two attached hydrogens (primary N) is 1. The number of hydrogen-bond acceptors (Lipinski definition) is 5. The average molecular weight is 184 g/mol. The normalized spacial score (nSPS) is 11.3. The Balaban J connectivity index is 2.70. The molecule has 1 aromatic rings. The Kier molecular flexibility index (Phi) is 2.27. The van der Waals surface area contributed by atoms with Gasteiger partial charge < -0.3 is 15.0 Å². The third-order valence-corrected chi connectivity index (χ3v) is 1.14. The second-order valence-electron chi connectivity index (χ2n) is 3.62. The Bertz CT molecular complexity index is 311. The van der Waals surface area contributed by atoms with E-state index in [2.05, 4.69) is 9.68 Å². The number of nitrogens with zero attached hydrogens (tertiary/aromatic N) is 1. The summed E-state index contributed by atoms with van der Waals surface area (Å²) in [4.78, 5) is 11.3. The van der Waals surface area contributed by atoms with Crippen LogP contribution in [0.3, 0.4) is 0 Å². The minimum atomic E-state index is -0.537. The van der Waals surface area contributed by atoms with Gasteiger partial charge in [0.2, 0.25) is 5.88 Å². The van der Waals surface area contributed by atoms with Gasteiger partial charge in [-0.05, 0) is 20.8 Å². The average Bonchev–Trinajstić information content (AvgIpc) is 2.31. The number of ether oxygens (including phenoxy) is 1. The van der Waals surface area contributed by atoms with Crippen LogP contribution in [0.5, 0.6) is 0 Å². The van der Waals surface area contributed by atoms with Gasteiger partial charge in [-0.1, -0.05) is 5.16 Å². The number of hydrogen-bond donors (Lipinski definition) is 1. The lowest BCUT2D eigenvalue weighted by atomic mass is 10.2. The number of carbonyl (C=O) groups is 1. The molecule has 5 nitrogen and oxygen atoms in total. The highest BCUT2D eigenvalue weighted by molar-refractivity contribution is 5.88. The molecule has 1 aromatic heterocycles. The van der Waals surface area contributed by atoms with E-state index in [0.717, 1.165) is 0 Å². The van der Waals surface area contributed by atoms with Crippen molar-refractivity contribution in [3.63, 3.8) is 0 Å². The van der Waals surface area contributed by atoms with Crippen LogP contribution in [0.2, 0.25) is 0 Å². The predicted octanol–water partition coefficient (Wildman–Crippen LogP) is 1.21. The van der Waals surface area contributed by atoms with Crippen molar-refractivity contribution in [1.29, 1.82) is 0 Å². The van der Waals surface area contributed by atoms with Crippen LogP contribution in [-0.4, -0.2) is 16.7 Å². The van der Waals surface area contributed by atoms with Gasteiger partial charge in [0.1, 0.15) is 5.60 Å². The maximum absolute atomic E-state index is 11.3. The first-order valence-electron chi connectivity index (χ1n) is 3.84. The number of esters is 1. The first-order chi connectivity index (χ1) is 5.88. The standard InChI is InChI=1S/C8H12N2O3/c1-8(2,3)12-7(11)5-4-6(9)13-10-5/h4H,9H2,1-3H3. The number of rotatable bonds is 1. The van der Waals surface area contributed by atoms with E-state index in [-0.39, 0.29) is 11.6 Å². The molecule has 0 aliphatic rings. The lowest BCUT2D eigenvalue weighted by Gasteiger charge is -2.18.